The predicted octanol–water partition coefficient (Wildman–Crippen LogP) is 3.02. The van der Waals surface area contributed by atoms with E-state index in [1.807, 2.05) is 30.3 Å². The zero-order valence-corrected chi connectivity index (χ0v) is 10.8. The molecular weight excluding hydrogens is 284 g/mol. The number of hydrogen-bond acceptors (Lipinski definition) is 3. The number of aliphatic hydroxyl groups is 1. The number of para-hydroxylation sites is 1. The summed E-state index contributed by atoms with van der Waals surface area (Å²) in [7, 11) is 0. The molecule has 1 atom stereocenters. The molecule has 17 heavy (non-hydrogen) atoms. The van der Waals surface area contributed by atoms with Crippen LogP contribution >= 0.6 is 15.9 Å². The number of aliphatic hydroxyl groups excluding tert-OH is 1. The molecule has 0 fully saturated rings. The van der Waals surface area contributed by atoms with E-state index in [1.165, 1.54) is 0 Å². The molecule has 1 aromatic heterocycles. The highest BCUT2D eigenvalue weighted by molar-refractivity contribution is 9.10. The summed E-state index contributed by atoms with van der Waals surface area (Å²) < 4.78 is 11.5. The van der Waals surface area contributed by atoms with Gasteiger partial charge in [0.25, 0.3) is 0 Å². The largest absolute Gasteiger partial charge is 0.490 e. The van der Waals surface area contributed by atoms with Gasteiger partial charge in [0, 0.05) is 6.42 Å². The van der Waals surface area contributed by atoms with Crippen LogP contribution in [0.5, 0.6) is 5.75 Å². The molecule has 0 amide bonds. The number of furan rings is 1. The maximum Gasteiger partial charge on any atom is 0.133 e. The van der Waals surface area contributed by atoms with E-state index in [0.717, 1.165) is 16.0 Å². The molecule has 0 bridgehead atoms. The lowest BCUT2D eigenvalue weighted by atomic mass is 10.2. The normalized spacial score (nSPS) is 12.4. The molecule has 0 aliphatic heterocycles. The van der Waals surface area contributed by atoms with Gasteiger partial charge >= 0.3 is 0 Å². The van der Waals surface area contributed by atoms with E-state index in [-0.39, 0.29) is 6.61 Å². The molecule has 2 aromatic rings. The molecule has 1 N–H and O–H groups in total. The fraction of sp³-hybridized carbons (Fsp3) is 0.231. The van der Waals surface area contributed by atoms with Crippen molar-refractivity contribution in [3.05, 3.63) is 52.9 Å². The maximum atomic E-state index is 9.77. The van der Waals surface area contributed by atoms with E-state index < -0.39 is 6.10 Å². The van der Waals surface area contributed by atoms with Crippen LogP contribution in [0.25, 0.3) is 0 Å². The molecule has 0 spiro atoms. The van der Waals surface area contributed by atoms with Gasteiger partial charge in [-0.3, -0.25) is 0 Å². The highest BCUT2D eigenvalue weighted by Crippen LogP contribution is 2.23. The van der Waals surface area contributed by atoms with Crippen LogP contribution in [0, 0.1) is 0 Å². The number of hydrogen-bond donors (Lipinski definition) is 1. The first kappa shape index (κ1) is 12.2. The second-order valence-corrected chi connectivity index (χ2v) is 4.53. The van der Waals surface area contributed by atoms with Crippen LogP contribution < -0.4 is 4.74 Å². The molecule has 1 heterocycles. The van der Waals surface area contributed by atoms with Gasteiger partial charge in [-0.15, -0.1) is 0 Å². The highest BCUT2D eigenvalue weighted by atomic mass is 79.9. The first-order valence-corrected chi connectivity index (χ1v) is 6.13. The summed E-state index contributed by atoms with van der Waals surface area (Å²) in [6.07, 6.45) is 1.47. The second kappa shape index (κ2) is 5.89. The van der Waals surface area contributed by atoms with E-state index in [4.69, 9.17) is 9.15 Å². The Morgan fingerprint density at radius 1 is 1.24 bits per heavy atom. The average Bonchev–Trinajstić information content (AvgIpc) is 2.81. The maximum absolute atomic E-state index is 9.77. The Morgan fingerprint density at radius 2 is 2.06 bits per heavy atom. The van der Waals surface area contributed by atoms with Crippen molar-refractivity contribution in [2.24, 2.45) is 0 Å². The van der Waals surface area contributed by atoms with Crippen molar-refractivity contribution in [1.82, 2.24) is 0 Å². The molecule has 1 unspecified atom stereocenters. The van der Waals surface area contributed by atoms with Crippen molar-refractivity contribution in [2.75, 3.05) is 6.61 Å². The number of rotatable bonds is 5. The van der Waals surface area contributed by atoms with E-state index >= 15 is 0 Å². The van der Waals surface area contributed by atoms with Gasteiger partial charge in [0.1, 0.15) is 18.1 Å². The van der Waals surface area contributed by atoms with Crippen LogP contribution in [0.1, 0.15) is 5.76 Å². The molecule has 1 aromatic carbocycles. The van der Waals surface area contributed by atoms with E-state index in [1.54, 1.807) is 12.3 Å². The van der Waals surface area contributed by atoms with Crippen molar-refractivity contribution >= 4 is 15.9 Å². The lowest BCUT2D eigenvalue weighted by Gasteiger charge is -2.12. The molecule has 0 radical (unpaired) electrons. The van der Waals surface area contributed by atoms with Gasteiger partial charge in [-0.1, -0.05) is 12.1 Å². The Hall–Kier alpha value is -1.26. The van der Waals surface area contributed by atoms with E-state index in [0.29, 0.717) is 6.42 Å². The van der Waals surface area contributed by atoms with Gasteiger partial charge in [-0.05, 0) is 40.2 Å². The molecule has 2 rings (SSSR count). The summed E-state index contributed by atoms with van der Waals surface area (Å²) >= 11 is 3.38. The zero-order valence-electron chi connectivity index (χ0n) is 9.17. The molecule has 3 nitrogen and oxygen atoms in total. The molecular formula is C13H13BrO3. The third-order valence-electron chi connectivity index (χ3n) is 2.28. The molecule has 90 valence electrons. The topological polar surface area (TPSA) is 42.6 Å². The molecule has 0 saturated carbocycles. The fourth-order valence-corrected chi connectivity index (χ4v) is 1.87. The van der Waals surface area contributed by atoms with Gasteiger partial charge in [0.15, 0.2) is 0 Å². The molecule has 0 aliphatic rings. The van der Waals surface area contributed by atoms with Crippen LogP contribution in [0.4, 0.5) is 0 Å². The van der Waals surface area contributed by atoms with Crippen LogP contribution in [-0.4, -0.2) is 17.8 Å². The SMILES string of the molecule is OC(COc1ccccc1Br)Cc1ccco1. The number of ether oxygens (including phenoxy) is 1. The summed E-state index contributed by atoms with van der Waals surface area (Å²) in [4.78, 5) is 0. The molecule has 0 saturated heterocycles. The Bertz CT molecular complexity index is 453. The van der Waals surface area contributed by atoms with Crippen LogP contribution in [0.3, 0.4) is 0 Å². The van der Waals surface area contributed by atoms with Crippen molar-refractivity contribution in [2.45, 2.75) is 12.5 Å². The van der Waals surface area contributed by atoms with Crippen molar-refractivity contribution in [1.29, 1.82) is 0 Å². The van der Waals surface area contributed by atoms with E-state index in [2.05, 4.69) is 15.9 Å². The van der Waals surface area contributed by atoms with E-state index in [9.17, 15) is 5.11 Å². The predicted molar refractivity (Wildman–Crippen MR) is 68.1 cm³/mol. The van der Waals surface area contributed by atoms with Crippen molar-refractivity contribution < 1.29 is 14.3 Å². The minimum absolute atomic E-state index is 0.239. The lowest BCUT2D eigenvalue weighted by molar-refractivity contribution is 0.102. The summed E-state index contributed by atoms with van der Waals surface area (Å²) in [6.45, 7) is 0.239. The minimum Gasteiger partial charge on any atom is -0.490 e. The minimum atomic E-state index is -0.576. The smallest absolute Gasteiger partial charge is 0.133 e. The van der Waals surface area contributed by atoms with Gasteiger partial charge in [0.2, 0.25) is 0 Å². The summed E-state index contributed by atoms with van der Waals surface area (Å²) in [5.74, 6) is 1.49. The highest BCUT2D eigenvalue weighted by Gasteiger charge is 2.09. The van der Waals surface area contributed by atoms with Crippen molar-refractivity contribution in [3.8, 4) is 5.75 Å². The van der Waals surface area contributed by atoms with Crippen LogP contribution in [-0.2, 0) is 6.42 Å². The Labute approximate surface area is 108 Å². The van der Waals surface area contributed by atoms with Crippen molar-refractivity contribution in [3.63, 3.8) is 0 Å². The van der Waals surface area contributed by atoms with Gasteiger partial charge in [-0.2, -0.15) is 0 Å². The van der Waals surface area contributed by atoms with Crippen LogP contribution in [0.15, 0.2) is 51.6 Å². The number of benzene rings is 1. The molecule has 4 heteroatoms. The summed E-state index contributed by atoms with van der Waals surface area (Å²) in [6, 6.07) is 11.2. The third kappa shape index (κ3) is 3.61. The summed E-state index contributed by atoms with van der Waals surface area (Å²) in [5.41, 5.74) is 0. The summed E-state index contributed by atoms with van der Waals surface area (Å²) in [5, 5.41) is 9.77. The lowest BCUT2D eigenvalue weighted by Crippen LogP contribution is -2.20. The Morgan fingerprint density at radius 3 is 2.76 bits per heavy atom. The van der Waals surface area contributed by atoms with Gasteiger partial charge in [-0.25, -0.2) is 0 Å². The van der Waals surface area contributed by atoms with Gasteiger partial charge in [0.05, 0.1) is 16.8 Å². The monoisotopic (exact) mass is 296 g/mol. The fourth-order valence-electron chi connectivity index (χ4n) is 1.47. The first-order valence-electron chi connectivity index (χ1n) is 5.33. The second-order valence-electron chi connectivity index (χ2n) is 3.68. The molecule has 0 aliphatic carbocycles. The van der Waals surface area contributed by atoms with Gasteiger partial charge < -0.3 is 14.3 Å². The first-order chi connectivity index (χ1) is 8.25. The van der Waals surface area contributed by atoms with Crippen LogP contribution in [0.2, 0.25) is 0 Å². The quantitative estimate of drug-likeness (QED) is 0.922. The number of halogens is 1. The average molecular weight is 297 g/mol. The standard InChI is InChI=1S/C13H13BrO3/c14-12-5-1-2-6-13(12)17-9-10(15)8-11-4-3-7-16-11/h1-7,10,15H,8-9H2. The third-order valence-corrected chi connectivity index (χ3v) is 2.94. The Kier molecular flexibility index (Phi) is 4.23. The zero-order chi connectivity index (χ0) is 12.1. The Balaban J connectivity index is 1.84.